The maximum Gasteiger partial charge on any atom is 0.250 e. The van der Waals surface area contributed by atoms with Gasteiger partial charge >= 0.3 is 0 Å². The fourth-order valence-electron chi connectivity index (χ4n) is 2.82. The molecule has 1 N–H and O–H groups in total. The van der Waals surface area contributed by atoms with Gasteiger partial charge in [0.15, 0.2) is 0 Å². The Balaban J connectivity index is 1.34. The molecule has 2 heterocycles. The molecule has 2 aromatic carbocycles. The number of fused-ring (bicyclic) bond motifs is 1. The molecule has 0 atom stereocenters. The number of benzene rings is 2. The van der Waals surface area contributed by atoms with Gasteiger partial charge in [0, 0.05) is 17.4 Å². The third-order valence-corrected chi connectivity index (χ3v) is 5.09. The average Bonchev–Trinajstić information content (AvgIpc) is 3.32. The molecule has 148 valence electrons. The van der Waals surface area contributed by atoms with E-state index in [9.17, 15) is 4.79 Å². The monoisotopic (exact) mass is 408 g/mol. The Kier molecular flexibility index (Phi) is 5.71. The minimum Gasteiger partial charge on any atom is -0.497 e. The summed E-state index contributed by atoms with van der Waals surface area (Å²) in [5.41, 5.74) is 1.91. The molecule has 0 radical (unpaired) electrons. The number of hydrogen-bond acceptors (Lipinski definition) is 6. The van der Waals surface area contributed by atoms with Crippen LogP contribution in [-0.4, -0.2) is 34.2 Å². The molecule has 8 heteroatoms. The van der Waals surface area contributed by atoms with Crippen molar-refractivity contribution in [1.29, 1.82) is 0 Å². The van der Waals surface area contributed by atoms with E-state index in [1.807, 2.05) is 60.0 Å². The highest BCUT2D eigenvalue weighted by atomic mass is 32.1. The molecule has 4 aromatic rings. The topological polar surface area (TPSA) is 77.8 Å². The van der Waals surface area contributed by atoms with E-state index in [2.05, 4.69) is 15.4 Å². The van der Waals surface area contributed by atoms with E-state index in [4.69, 9.17) is 9.47 Å². The summed E-state index contributed by atoms with van der Waals surface area (Å²) in [5.74, 6) is 1.77. The van der Waals surface area contributed by atoms with Gasteiger partial charge in [0.1, 0.15) is 11.5 Å². The predicted molar refractivity (Wildman–Crippen MR) is 113 cm³/mol. The summed E-state index contributed by atoms with van der Waals surface area (Å²) in [5, 5.41) is 9.18. The second-order valence-electron chi connectivity index (χ2n) is 6.29. The smallest absolute Gasteiger partial charge is 0.250 e. The number of ether oxygens (including phenoxy) is 2. The van der Waals surface area contributed by atoms with Gasteiger partial charge in [-0.2, -0.15) is 4.98 Å². The van der Waals surface area contributed by atoms with Crippen LogP contribution in [0.25, 0.3) is 16.2 Å². The second kappa shape index (κ2) is 8.74. The Morgan fingerprint density at radius 3 is 2.66 bits per heavy atom. The highest BCUT2D eigenvalue weighted by Crippen LogP contribution is 2.27. The number of para-hydroxylation sites is 1. The first-order chi connectivity index (χ1) is 14.2. The Hall–Kier alpha value is -3.39. The Labute approximate surface area is 171 Å². The van der Waals surface area contributed by atoms with Gasteiger partial charge in [-0.25, -0.2) is 4.52 Å². The summed E-state index contributed by atoms with van der Waals surface area (Å²) in [6, 6.07) is 17.3. The lowest BCUT2D eigenvalue weighted by atomic mass is 10.2. The van der Waals surface area contributed by atoms with Crippen LogP contribution < -0.4 is 14.8 Å². The molecular weight excluding hydrogens is 388 g/mol. The molecule has 1 amide bonds. The predicted octanol–water partition coefficient (Wildman–Crippen LogP) is 4.26. The summed E-state index contributed by atoms with van der Waals surface area (Å²) >= 11 is 1.47. The number of hydrogen-bond donors (Lipinski definition) is 1. The fraction of sp³-hybridized carbons (Fsp3) is 0.190. The van der Waals surface area contributed by atoms with E-state index in [0.29, 0.717) is 25.4 Å². The molecule has 0 aliphatic carbocycles. The second-order valence-corrected chi connectivity index (χ2v) is 7.13. The molecule has 0 unspecified atom stereocenters. The third-order valence-electron chi connectivity index (χ3n) is 4.28. The normalized spacial score (nSPS) is 10.8. The van der Waals surface area contributed by atoms with Crippen LogP contribution in [0.15, 0.2) is 60.0 Å². The van der Waals surface area contributed by atoms with Crippen LogP contribution in [0, 0.1) is 0 Å². The number of thiazole rings is 1. The van der Waals surface area contributed by atoms with E-state index < -0.39 is 0 Å². The third kappa shape index (κ3) is 4.55. The molecule has 29 heavy (non-hydrogen) atoms. The van der Waals surface area contributed by atoms with Gasteiger partial charge in [-0.1, -0.05) is 18.2 Å². The highest BCUT2D eigenvalue weighted by Gasteiger charge is 2.13. The van der Waals surface area contributed by atoms with Crippen LogP contribution in [0.1, 0.15) is 12.8 Å². The maximum atomic E-state index is 12.2. The zero-order valence-corrected chi connectivity index (χ0v) is 16.7. The number of amides is 1. The first-order valence-corrected chi connectivity index (χ1v) is 10.1. The Morgan fingerprint density at radius 1 is 1.10 bits per heavy atom. The molecular formula is C21H20N4O3S. The standard InChI is InChI=1S/C21H20N4O3S/c1-27-16-11-9-15(10-12-16)18-14-29-21-23-20(24-25(18)21)22-19(26)8-5-13-28-17-6-3-2-4-7-17/h2-4,6-7,9-12,14H,5,8,13H2,1H3,(H,22,24,26). The van der Waals surface area contributed by atoms with E-state index >= 15 is 0 Å². The number of carbonyl (C=O) groups excluding carboxylic acids is 1. The molecule has 0 fully saturated rings. The van der Waals surface area contributed by atoms with Crippen molar-refractivity contribution in [3.63, 3.8) is 0 Å². The number of carbonyl (C=O) groups is 1. The van der Waals surface area contributed by atoms with Crippen molar-refractivity contribution in [2.75, 3.05) is 19.0 Å². The molecule has 0 spiro atoms. The van der Waals surface area contributed by atoms with Gasteiger partial charge in [-0.3, -0.25) is 10.1 Å². The number of anilines is 1. The van der Waals surface area contributed by atoms with E-state index in [1.54, 1.807) is 11.6 Å². The fourth-order valence-corrected chi connectivity index (χ4v) is 3.65. The van der Waals surface area contributed by atoms with Gasteiger partial charge in [-0.15, -0.1) is 16.4 Å². The molecule has 0 bridgehead atoms. The summed E-state index contributed by atoms with van der Waals surface area (Å²) in [6.07, 6.45) is 0.949. The lowest BCUT2D eigenvalue weighted by Crippen LogP contribution is -2.14. The van der Waals surface area contributed by atoms with Gasteiger partial charge < -0.3 is 9.47 Å². The van der Waals surface area contributed by atoms with Crippen molar-refractivity contribution in [3.05, 3.63) is 60.0 Å². The summed E-state index contributed by atoms with van der Waals surface area (Å²) in [4.78, 5) is 17.3. The zero-order chi connectivity index (χ0) is 20.1. The minimum absolute atomic E-state index is 0.133. The Morgan fingerprint density at radius 2 is 1.90 bits per heavy atom. The molecule has 2 aromatic heterocycles. The van der Waals surface area contributed by atoms with Crippen LogP contribution >= 0.6 is 11.3 Å². The lowest BCUT2D eigenvalue weighted by Gasteiger charge is -2.05. The zero-order valence-electron chi connectivity index (χ0n) is 15.9. The first kappa shape index (κ1) is 18.9. The van der Waals surface area contributed by atoms with Crippen LogP contribution in [0.4, 0.5) is 5.95 Å². The minimum atomic E-state index is -0.133. The van der Waals surface area contributed by atoms with Crippen molar-refractivity contribution >= 4 is 28.2 Å². The van der Waals surface area contributed by atoms with Crippen molar-refractivity contribution in [1.82, 2.24) is 14.6 Å². The Bertz CT molecular complexity index is 1090. The number of methoxy groups -OCH3 is 1. The van der Waals surface area contributed by atoms with Crippen LogP contribution in [0.3, 0.4) is 0 Å². The summed E-state index contributed by atoms with van der Waals surface area (Å²) in [6.45, 7) is 0.477. The number of nitrogens with one attached hydrogen (secondary N) is 1. The van der Waals surface area contributed by atoms with Crippen LogP contribution in [0.2, 0.25) is 0 Å². The number of rotatable bonds is 8. The van der Waals surface area contributed by atoms with Gasteiger partial charge in [0.05, 0.1) is 19.4 Å². The molecule has 0 aliphatic rings. The van der Waals surface area contributed by atoms with Gasteiger partial charge in [0.2, 0.25) is 16.8 Å². The highest BCUT2D eigenvalue weighted by molar-refractivity contribution is 7.15. The molecule has 0 saturated heterocycles. The van der Waals surface area contributed by atoms with Crippen molar-refractivity contribution in [2.24, 2.45) is 0 Å². The van der Waals surface area contributed by atoms with Crippen molar-refractivity contribution in [3.8, 4) is 22.8 Å². The van der Waals surface area contributed by atoms with Crippen LogP contribution in [0.5, 0.6) is 11.5 Å². The SMILES string of the molecule is COc1ccc(-c2csc3nc(NC(=O)CCCOc4ccccc4)nn23)cc1. The number of aromatic nitrogens is 3. The largest absolute Gasteiger partial charge is 0.497 e. The van der Waals surface area contributed by atoms with Crippen molar-refractivity contribution in [2.45, 2.75) is 12.8 Å². The maximum absolute atomic E-state index is 12.2. The van der Waals surface area contributed by atoms with Crippen LogP contribution in [-0.2, 0) is 4.79 Å². The average molecular weight is 408 g/mol. The van der Waals surface area contributed by atoms with E-state index in [0.717, 1.165) is 27.7 Å². The summed E-state index contributed by atoms with van der Waals surface area (Å²) in [7, 11) is 1.64. The molecule has 0 saturated carbocycles. The van der Waals surface area contributed by atoms with Crippen molar-refractivity contribution < 1.29 is 14.3 Å². The van der Waals surface area contributed by atoms with E-state index in [1.165, 1.54) is 11.3 Å². The number of nitrogens with zero attached hydrogens (tertiary/aromatic N) is 3. The quantitative estimate of drug-likeness (QED) is 0.441. The summed E-state index contributed by atoms with van der Waals surface area (Å²) < 4.78 is 12.5. The lowest BCUT2D eigenvalue weighted by molar-refractivity contribution is -0.116. The molecule has 7 nitrogen and oxygen atoms in total. The molecule has 4 rings (SSSR count). The van der Waals surface area contributed by atoms with E-state index in [-0.39, 0.29) is 5.91 Å². The van der Waals surface area contributed by atoms with Gasteiger partial charge in [0.25, 0.3) is 0 Å². The van der Waals surface area contributed by atoms with Gasteiger partial charge in [-0.05, 0) is 42.8 Å². The molecule has 0 aliphatic heterocycles. The first-order valence-electron chi connectivity index (χ1n) is 9.19.